The van der Waals surface area contributed by atoms with Crippen molar-refractivity contribution in [3.05, 3.63) is 142 Å². The van der Waals surface area contributed by atoms with Crippen LogP contribution >= 0.6 is 11.3 Å². The van der Waals surface area contributed by atoms with E-state index in [0.717, 1.165) is 49.9 Å². The highest BCUT2D eigenvalue weighted by Gasteiger charge is 2.12. The lowest BCUT2D eigenvalue weighted by atomic mass is 9.98. The summed E-state index contributed by atoms with van der Waals surface area (Å²) in [6.45, 7) is 6.54. The van der Waals surface area contributed by atoms with Crippen LogP contribution in [0.25, 0.3) is 67.4 Å². The minimum Gasteiger partial charge on any atom is -0.228 e. The van der Waals surface area contributed by atoms with Gasteiger partial charge in [-0.2, -0.15) is 0 Å². The Bertz CT molecular complexity index is 2140. The molecule has 0 saturated heterocycles. The maximum Gasteiger partial charge on any atom is 0.160 e. The Hall–Kier alpha value is -4.86. The molecule has 7 aromatic rings. The zero-order valence-electron chi connectivity index (χ0n) is 22.1. The van der Waals surface area contributed by atoms with Crippen molar-refractivity contribution in [2.75, 3.05) is 0 Å². The third-order valence-corrected chi connectivity index (χ3v) is 8.56. The van der Waals surface area contributed by atoms with Crippen LogP contribution in [0.2, 0.25) is 0 Å². The molecular weight excluding hydrogens is 504 g/mol. The van der Waals surface area contributed by atoms with Gasteiger partial charge in [0.25, 0.3) is 0 Å². The molecule has 5 aromatic carbocycles. The minimum atomic E-state index is 0.727. The summed E-state index contributed by atoms with van der Waals surface area (Å²) >= 11 is 1.79. The average molecular weight is 531 g/mol. The second kappa shape index (κ2) is 10.0. The number of rotatable bonds is 4. The first-order valence-corrected chi connectivity index (χ1v) is 14.2. The van der Waals surface area contributed by atoms with Crippen molar-refractivity contribution in [3.8, 4) is 33.8 Å². The molecule has 0 saturated carbocycles. The van der Waals surface area contributed by atoms with E-state index in [1.165, 1.54) is 25.7 Å². The van der Waals surface area contributed by atoms with E-state index in [1.54, 1.807) is 11.3 Å². The van der Waals surface area contributed by atoms with E-state index in [2.05, 4.69) is 123 Å². The van der Waals surface area contributed by atoms with Gasteiger partial charge in [-0.05, 0) is 70.1 Å². The van der Waals surface area contributed by atoms with E-state index in [1.807, 2.05) is 18.2 Å². The van der Waals surface area contributed by atoms with E-state index >= 15 is 0 Å². The van der Waals surface area contributed by atoms with Gasteiger partial charge in [-0.25, -0.2) is 9.97 Å². The Balaban J connectivity index is 1.33. The maximum absolute atomic E-state index is 5.07. The van der Waals surface area contributed by atoms with Gasteiger partial charge in [0, 0.05) is 25.7 Å². The van der Waals surface area contributed by atoms with Crippen LogP contribution in [0.3, 0.4) is 0 Å². The molecule has 0 fully saturated rings. The van der Waals surface area contributed by atoms with E-state index in [9.17, 15) is 0 Å². The zero-order chi connectivity index (χ0) is 27.1. The van der Waals surface area contributed by atoms with Gasteiger partial charge in [0.05, 0.1) is 11.2 Å². The summed E-state index contributed by atoms with van der Waals surface area (Å²) in [4.78, 5) is 10.0. The molecule has 190 valence electrons. The van der Waals surface area contributed by atoms with Gasteiger partial charge in [0.15, 0.2) is 5.82 Å². The largest absolute Gasteiger partial charge is 0.228 e. The van der Waals surface area contributed by atoms with Crippen molar-refractivity contribution in [2.45, 2.75) is 6.92 Å². The molecule has 2 heterocycles. The number of thiophene rings is 1. The number of benzene rings is 5. The molecule has 0 spiro atoms. The van der Waals surface area contributed by atoms with E-state index < -0.39 is 0 Å². The maximum atomic E-state index is 5.07. The molecule has 0 radical (unpaired) electrons. The fraction of sp³-hybridized carbons (Fsp3) is 0.0270. The summed E-state index contributed by atoms with van der Waals surface area (Å²) in [6.07, 6.45) is 2.27. The third-order valence-electron chi connectivity index (χ3n) is 7.40. The van der Waals surface area contributed by atoms with Gasteiger partial charge in [0.1, 0.15) is 0 Å². The summed E-state index contributed by atoms with van der Waals surface area (Å²) in [6, 6.07) is 42.2. The van der Waals surface area contributed by atoms with E-state index in [4.69, 9.17) is 9.97 Å². The molecule has 0 bridgehead atoms. The van der Waals surface area contributed by atoms with Crippen molar-refractivity contribution in [3.63, 3.8) is 0 Å². The molecule has 2 nitrogen and oxygen atoms in total. The molecule has 40 heavy (non-hydrogen) atoms. The molecule has 0 unspecified atom stereocenters. The van der Waals surface area contributed by atoms with Crippen LogP contribution in [0, 0.1) is 6.92 Å². The number of hydrogen-bond donors (Lipinski definition) is 0. The molecule has 0 amide bonds. The molecule has 3 heteroatoms. The lowest BCUT2D eigenvalue weighted by Crippen LogP contribution is -2.16. The van der Waals surface area contributed by atoms with Crippen LogP contribution in [0.5, 0.6) is 0 Å². The second-order valence-corrected chi connectivity index (χ2v) is 11.1. The van der Waals surface area contributed by atoms with Crippen molar-refractivity contribution in [1.82, 2.24) is 9.97 Å². The predicted octanol–water partition coefficient (Wildman–Crippen LogP) is 8.39. The summed E-state index contributed by atoms with van der Waals surface area (Å²) in [7, 11) is 0. The van der Waals surface area contributed by atoms with Gasteiger partial charge in [0.2, 0.25) is 0 Å². The molecule has 0 N–H and O–H groups in total. The minimum absolute atomic E-state index is 0.727. The van der Waals surface area contributed by atoms with Gasteiger partial charge >= 0.3 is 0 Å². The van der Waals surface area contributed by atoms with Crippen LogP contribution in [-0.4, -0.2) is 9.97 Å². The molecular formula is C37H26N2S. The summed E-state index contributed by atoms with van der Waals surface area (Å²) in [5, 5.41) is 3.37. The van der Waals surface area contributed by atoms with Crippen LogP contribution in [0.4, 0.5) is 0 Å². The number of hydrogen-bond acceptors (Lipinski definition) is 3. The standard InChI is InChI=1S/C37H26N2S/c1-24-19-20-28(22-30(24)23-35-25(2)31-15-7-9-18-34(31)40-35)27-13-10-14-29(21-27)37-38-33-17-8-6-16-32(33)36(39-37)26-11-4-3-5-12-26/h3-23H,2H2,1H3/b35-23+. The Morgan fingerprint density at radius 1 is 0.625 bits per heavy atom. The first-order valence-electron chi connectivity index (χ1n) is 13.4. The number of fused-ring (bicyclic) bond motifs is 2. The topological polar surface area (TPSA) is 25.8 Å². The predicted molar refractivity (Wildman–Crippen MR) is 171 cm³/mol. The number of aryl methyl sites for hydroxylation is 1. The normalized spacial score (nSPS) is 11.9. The van der Waals surface area contributed by atoms with Crippen molar-refractivity contribution >= 4 is 45.0 Å². The number of nitrogens with zero attached hydrogens (tertiary/aromatic N) is 2. The quantitative estimate of drug-likeness (QED) is 0.228. The molecule has 7 rings (SSSR count). The molecule has 0 aliphatic rings. The SMILES string of the molecule is C=c1/c(=C\c2cc(-c3cccc(-c4nc(-c5ccccc5)c5ccccc5n4)c3)ccc2C)sc2ccccc12. The Morgan fingerprint density at radius 2 is 1.32 bits per heavy atom. The van der Waals surface area contributed by atoms with Gasteiger partial charge < -0.3 is 0 Å². The second-order valence-electron chi connectivity index (χ2n) is 10.0. The molecule has 0 atom stereocenters. The highest BCUT2D eigenvalue weighted by Crippen LogP contribution is 2.31. The Kier molecular flexibility index (Phi) is 6.07. The van der Waals surface area contributed by atoms with Gasteiger partial charge in [-0.15, -0.1) is 11.3 Å². The zero-order valence-corrected chi connectivity index (χ0v) is 23.0. The smallest absolute Gasteiger partial charge is 0.160 e. The summed E-state index contributed by atoms with van der Waals surface area (Å²) in [5.74, 6) is 0.727. The lowest BCUT2D eigenvalue weighted by molar-refractivity contribution is 1.23. The highest BCUT2D eigenvalue weighted by atomic mass is 32.1. The fourth-order valence-electron chi connectivity index (χ4n) is 5.21. The first-order chi connectivity index (χ1) is 19.6. The molecule has 2 aromatic heterocycles. The van der Waals surface area contributed by atoms with E-state index in [0.29, 0.717) is 0 Å². The van der Waals surface area contributed by atoms with Crippen LogP contribution in [0.1, 0.15) is 11.1 Å². The average Bonchev–Trinajstić information content (AvgIpc) is 3.33. The van der Waals surface area contributed by atoms with Crippen molar-refractivity contribution < 1.29 is 0 Å². The van der Waals surface area contributed by atoms with Crippen LogP contribution in [0.15, 0.2) is 121 Å². The van der Waals surface area contributed by atoms with Crippen molar-refractivity contribution in [1.29, 1.82) is 0 Å². The Labute approximate surface area is 237 Å². The monoisotopic (exact) mass is 530 g/mol. The van der Waals surface area contributed by atoms with Crippen LogP contribution in [-0.2, 0) is 0 Å². The molecule has 0 aliphatic heterocycles. The summed E-state index contributed by atoms with van der Waals surface area (Å²) < 4.78 is 2.47. The number of para-hydroxylation sites is 1. The number of aromatic nitrogens is 2. The van der Waals surface area contributed by atoms with Gasteiger partial charge in [-0.3, -0.25) is 0 Å². The third kappa shape index (κ3) is 4.41. The Morgan fingerprint density at radius 3 is 2.17 bits per heavy atom. The van der Waals surface area contributed by atoms with Crippen LogP contribution < -0.4 is 9.75 Å². The fourth-order valence-corrected chi connectivity index (χ4v) is 6.31. The lowest BCUT2D eigenvalue weighted by Gasteiger charge is -2.11. The first kappa shape index (κ1) is 24.2. The van der Waals surface area contributed by atoms with Crippen molar-refractivity contribution in [2.24, 2.45) is 0 Å². The van der Waals surface area contributed by atoms with E-state index in [-0.39, 0.29) is 0 Å². The van der Waals surface area contributed by atoms with Gasteiger partial charge in [-0.1, -0.05) is 104 Å². The highest BCUT2D eigenvalue weighted by molar-refractivity contribution is 7.17. The molecule has 0 aliphatic carbocycles. The summed E-state index contributed by atoms with van der Waals surface area (Å²) in [5.41, 5.74) is 8.71.